The van der Waals surface area contributed by atoms with Crippen molar-refractivity contribution >= 4 is 5.91 Å². The number of carbonyl (C=O) groups is 1. The van der Waals surface area contributed by atoms with Crippen LogP contribution >= 0.6 is 0 Å². The highest BCUT2D eigenvalue weighted by Crippen LogP contribution is 2.34. The predicted octanol–water partition coefficient (Wildman–Crippen LogP) is 2.09. The van der Waals surface area contributed by atoms with E-state index in [1.807, 2.05) is 30.3 Å². The molecule has 1 aliphatic carbocycles. The zero-order valence-electron chi connectivity index (χ0n) is 10.6. The standard InChI is InChI=1S/C15H20N2O/c18-14(12-5-2-1-3-6-12)17-15-8-4-7-13(11-15)16-10-9-15/h1-3,5-6,13,16H,4,7-11H2,(H,17,18). The summed E-state index contributed by atoms with van der Waals surface area (Å²) >= 11 is 0. The molecule has 1 heterocycles. The molecule has 1 saturated heterocycles. The third-order valence-corrected chi connectivity index (χ3v) is 4.30. The number of nitrogens with one attached hydrogen (secondary N) is 2. The highest BCUT2D eigenvalue weighted by molar-refractivity contribution is 5.94. The van der Waals surface area contributed by atoms with Gasteiger partial charge in [0.15, 0.2) is 0 Å². The van der Waals surface area contributed by atoms with Crippen LogP contribution in [0.3, 0.4) is 0 Å². The Bertz CT molecular complexity index is 419. The average Bonchev–Trinajstić information content (AvgIpc) is 2.39. The Morgan fingerprint density at radius 1 is 1.28 bits per heavy atom. The van der Waals surface area contributed by atoms with Gasteiger partial charge < -0.3 is 10.6 Å². The van der Waals surface area contributed by atoms with Gasteiger partial charge in [0.25, 0.3) is 5.91 Å². The third kappa shape index (κ3) is 2.27. The Kier molecular flexibility index (Phi) is 3.08. The first kappa shape index (κ1) is 11.7. The zero-order valence-corrected chi connectivity index (χ0v) is 10.6. The molecule has 18 heavy (non-hydrogen) atoms. The Morgan fingerprint density at radius 3 is 2.94 bits per heavy atom. The Morgan fingerprint density at radius 2 is 2.11 bits per heavy atom. The summed E-state index contributed by atoms with van der Waals surface area (Å²) < 4.78 is 0. The second-order valence-corrected chi connectivity index (χ2v) is 5.60. The molecule has 2 bridgehead atoms. The molecule has 3 heteroatoms. The van der Waals surface area contributed by atoms with Gasteiger partial charge in [0.2, 0.25) is 0 Å². The lowest BCUT2D eigenvalue weighted by atomic mass is 9.74. The maximum atomic E-state index is 12.3. The van der Waals surface area contributed by atoms with Crippen LogP contribution in [0.5, 0.6) is 0 Å². The maximum Gasteiger partial charge on any atom is 0.251 e. The van der Waals surface area contributed by atoms with E-state index >= 15 is 0 Å². The smallest absolute Gasteiger partial charge is 0.251 e. The molecule has 1 aromatic rings. The molecule has 96 valence electrons. The van der Waals surface area contributed by atoms with Crippen molar-refractivity contribution in [2.75, 3.05) is 6.54 Å². The molecule has 0 spiro atoms. The lowest BCUT2D eigenvalue weighted by molar-refractivity contribution is 0.0800. The number of carbonyl (C=O) groups excluding carboxylic acids is 1. The average molecular weight is 244 g/mol. The second kappa shape index (κ2) is 4.73. The van der Waals surface area contributed by atoms with Gasteiger partial charge in [0.1, 0.15) is 0 Å². The van der Waals surface area contributed by atoms with E-state index in [0.717, 1.165) is 31.4 Å². The van der Waals surface area contributed by atoms with Crippen molar-refractivity contribution in [2.24, 2.45) is 0 Å². The molecule has 2 N–H and O–H groups in total. The minimum atomic E-state index is 0.0427. The minimum absolute atomic E-state index is 0.0427. The fourth-order valence-electron chi connectivity index (χ4n) is 3.36. The predicted molar refractivity (Wildman–Crippen MR) is 71.5 cm³/mol. The van der Waals surface area contributed by atoms with Gasteiger partial charge >= 0.3 is 0 Å². The van der Waals surface area contributed by atoms with E-state index in [0.29, 0.717) is 6.04 Å². The lowest BCUT2D eigenvalue weighted by Gasteiger charge is -2.46. The number of piperidine rings is 1. The molecule has 2 unspecified atom stereocenters. The minimum Gasteiger partial charge on any atom is -0.346 e. The first-order valence-electron chi connectivity index (χ1n) is 6.88. The number of benzene rings is 1. The Labute approximate surface area is 108 Å². The fraction of sp³-hybridized carbons (Fsp3) is 0.533. The van der Waals surface area contributed by atoms with Crippen molar-refractivity contribution in [3.05, 3.63) is 35.9 Å². The molecular weight excluding hydrogens is 224 g/mol. The molecule has 2 aliphatic rings. The van der Waals surface area contributed by atoms with Crippen LogP contribution in [-0.2, 0) is 0 Å². The van der Waals surface area contributed by atoms with Crippen LogP contribution < -0.4 is 10.6 Å². The topological polar surface area (TPSA) is 41.1 Å². The van der Waals surface area contributed by atoms with E-state index in [4.69, 9.17) is 0 Å². The molecule has 2 fully saturated rings. The van der Waals surface area contributed by atoms with Crippen molar-refractivity contribution in [3.63, 3.8) is 0 Å². The summed E-state index contributed by atoms with van der Waals surface area (Å²) in [5.74, 6) is 0.0816. The first-order chi connectivity index (χ1) is 8.77. The van der Waals surface area contributed by atoms with Crippen LogP contribution in [0, 0.1) is 0 Å². The van der Waals surface area contributed by atoms with Crippen LogP contribution in [0.4, 0.5) is 0 Å². The Balaban J connectivity index is 1.73. The summed E-state index contributed by atoms with van der Waals surface area (Å²) in [6.07, 6.45) is 5.74. The maximum absolute atomic E-state index is 12.3. The summed E-state index contributed by atoms with van der Waals surface area (Å²) in [5.41, 5.74) is 0.814. The number of hydrogen-bond acceptors (Lipinski definition) is 2. The van der Waals surface area contributed by atoms with Crippen molar-refractivity contribution in [1.29, 1.82) is 0 Å². The van der Waals surface area contributed by atoms with Gasteiger partial charge in [-0.1, -0.05) is 18.2 Å². The van der Waals surface area contributed by atoms with Gasteiger partial charge in [-0.25, -0.2) is 0 Å². The van der Waals surface area contributed by atoms with Gasteiger partial charge in [-0.2, -0.15) is 0 Å². The van der Waals surface area contributed by atoms with Crippen molar-refractivity contribution in [2.45, 2.75) is 43.7 Å². The van der Waals surface area contributed by atoms with E-state index < -0.39 is 0 Å². The summed E-state index contributed by atoms with van der Waals surface area (Å²) in [4.78, 5) is 12.3. The highest BCUT2D eigenvalue weighted by atomic mass is 16.1. The van der Waals surface area contributed by atoms with E-state index in [1.54, 1.807) is 0 Å². The van der Waals surface area contributed by atoms with Gasteiger partial charge in [-0.05, 0) is 50.8 Å². The molecule has 1 amide bonds. The van der Waals surface area contributed by atoms with Crippen LogP contribution in [0.1, 0.15) is 42.5 Å². The SMILES string of the molecule is O=C(NC12CCCC(C1)NCC2)c1ccccc1. The fourth-order valence-corrected chi connectivity index (χ4v) is 3.36. The summed E-state index contributed by atoms with van der Waals surface area (Å²) in [5, 5.41) is 6.84. The van der Waals surface area contributed by atoms with Gasteiger partial charge in [0.05, 0.1) is 0 Å². The number of amides is 1. The quantitative estimate of drug-likeness (QED) is 0.836. The zero-order chi connectivity index (χ0) is 12.4. The van der Waals surface area contributed by atoms with E-state index in [2.05, 4.69) is 10.6 Å². The van der Waals surface area contributed by atoms with Crippen molar-refractivity contribution in [3.8, 4) is 0 Å². The lowest BCUT2D eigenvalue weighted by Crippen LogP contribution is -2.59. The summed E-state index contributed by atoms with van der Waals surface area (Å²) in [6.45, 7) is 1.03. The van der Waals surface area contributed by atoms with Gasteiger partial charge in [-0.15, -0.1) is 0 Å². The van der Waals surface area contributed by atoms with Crippen molar-refractivity contribution < 1.29 is 4.79 Å². The van der Waals surface area contributed by atoms with Crippen LogP contribution in [0.25, 0.3) is 0 Å². The number of rotatable bonds is 2. The summed E-state index contributed by atoms with van der Waals surface area (Å²) in [7, 11) is 0. The van der Waals surface area contributed by atoms with E-state index in [1.165, 1.54) is 12.8 Å². The molecule has 0 aromatic heterocycles. The van der Waals surface area contributed by atoms with Crippen LogP contribution in [0.15, 0.2) is 30.3 Å². The third-order valence-electron chi connectivity index (χ3n) is 4.30. The molecular formula is C15H20N2O. The number of fused-ring (bicyclic) bond motifs is 2. The molecule has 1 saturated carbocycles. The summed E-state index contributed by atoms with van der Waals surface area (Å²) in [6, 6.07) is 10.1. The number of hydrogen-bond donors (Lipinski definition) is 2. The highest BCUT2D eigenvalue weighted by Gasteiger charge is 2.40. The molecule has 3 nitrogen and oxygen atoms in total. The second-order valence-electron chi connectivity index (χ2n) is 5.60. The molecule has 2 atom stereocenters. The van der Waals surface area contributed by atoms with Gasteiger partial charge in [-0.3, -0.25) is 4.79 Å². The Hall–Kier alpha value is -1.35. The molecule has 1 aliphatic heterocycles. The molecule has 1 aromatic carbocycles. The van der Waals surface area contributed by atoms with Crippen LogP contribution in [0.2, 0.25) is 0 Å². The normalized spacial score (nSPS) is 30.8. The van der Waals surface area contributed by atoms with E-state index in [-0.39, 0.29) is 11.4 Å². The monoisotopic (exact) mass is 244 g/mol. The van der Waals surface area contributed by atoms with Crippen LogP contribution in [-0.4, -0.2) is 24.0 Å². The van der Waals surface area contributed by atoms with Gasteiger partial charge in [0, 0.05) is 17.1 Å². The van der Waals surface area contributed by atoms with E-state index in [9.17, 15) is 4.79 Å². The molecule has 3 rings (SSSR count). The first-order valence-corrected chi connectivity index (χ1v) is 6.88. The largest absolute Gasteiger partial charge is 0.346 e. The van der Waals surface area contributed by atoms with Crippen molar-refractivity contribution in [1.82, 2.24) is 10.6 Å². The molecule has 0 radical (unpaired) electrons.